The highest BCUT2D eigenvalue weighted by Gasteiger charge is 2.51. The summed E-state index contributed by atoms with van der Waals surface area (Å²) in [5.41, 5.74) is 0.264. The van der Waals surface area contributed by atoms with Crippen molar-refractivity contribution in [3.63, 3.8) is 0 Å². The highest BCUT2D eigenvalue weighted by molar-refractivity contribution is 5.14. The van der Waals surface area contributed by atoms with Crippen LogP contribution in [0.3, 0.4) is 0 Å². The fraction of sp³-hybridized carbons (Fsp3) is 0.600. The number of aliphatic hydroxyl groups excluding tert-OH is 2. The summed E-state index contributed by atoms with van der Waals surface area (Å²) in [7, 11) is 0. The Morgan fingerprint density at radius 1 is 1.59 bits per heavy atom. The van der Waals surface area contributed by atoms with Crippen molar-refractivity contribution in [1.82, 2.24) is 9.55 Å². The van der Waals surface area contributed by atoms with Gasteiger partial charge in [0.1, 0.15) is 12.2 Å². The summed E-state index contributed by atoms with van der Waals surface area (Å²) in [6, 6.07) is 1.53. The summed E-state index contributed by atoms with van der Waals surface area (Å²) < 4.78 is 12.1. The minimum atomic E-state index is -0.966. The second-order valence-corrected chi connectivity index (χ2v) is 4.21. The molecule has 2 aliphatic heterocycles. The van der Waals surface area contributed by atoms with Gasteiger partial charge in [0.2, 0.25) is 0 Å². The van der Waals surface area contributed by atoms with Gasteiger partial charge >= 0.3 is 6.01 Å². The topological polar surface area (TPSA) is 93.8 Å². The normalized spacial score (nSPS) is 34.3. The first kappa shape index (κ1) is 10.7. The number of aryl methyl sites for hydroxylation is 1. The first-order valence-electron chi connectivity index (χ1n) is 5.33. The molecule has 4 atom stereocenters. The lowest BCUT2D eigenvalue weighted by Crippen LogP contribution is -2.34. The minimum absolute atomic E-state index is 0.153. The van der Waals surface area contributed by atoms with E-state index in [1.54, 1.807) is 6.92 Å². The summed E-state index contributed by atoms with van der Waals surface area (Å²) in [6.07, 6.45) is -3.09. The second kappa shape index (κ2) is 3.52. The van der Waals surface area contributed by atoms with Gasteiger partial charge in [-0.3, -0.25) is 4.79 Å². The van der Waals surface area contributed by atoms with Gasteiger partial charge in [0, 0.05) is 11.8 Å². The van der Waals surface area contributed by atoms with E-state index in [1.165, 1.54) is 10.6 Å². The molecular weight excluding hydrogens is 228 g/mol. The van der Waals surface area contributed by atoms with Crippen LogP contribution < -0.4 is 10.3 Å². The van der Waals surface area contributed by atoms with Crippen LogP contribution in [0.15, 0.2) is 10.9 Å². The number of nitrogens with zero attached hydrogens (tertiary/aromatic N) is 2. The zero-order chi connectivity index (χ0) is 12.2. The van der Waals surface area contributed by atoms with E-state index < -0.39 is 24.5 Å². The summed E-state index contributed by atoms with van der Waals surface area (Å²) in [6.45, 7) is 1.37. The Morgan fingerprint density at radius 2 is 2.35 bits per heavy atom. The molecule has 0 bridgehead atoms. The van der Waals surface area contributed by atoms with E-state index >= 15 is 0 Å². The molecule has 0 radical (unpaired) electrons. The van der Waals surface area contributed by atoms with E-state index in [-0.39, 0.29) is 18.2 Å². The molecule has 2 aliphatic rings. The molecule has 17 heavy (non-hydrogen) atoms. The molecule has 0 aliphatic carbocycles. The quantitative estimate of drug-likeness (QED) is 0.624. The van der Waals surface area contributed by atoms with Gasteiger partial charge < -0.3 is 19.7 Å². The first-order chi connectivity index (χ1) is 8.11. The van der Waals surface area contributed by atoms with E-state index in [0.717, 1.165) is 0 Å². The van der Waals surface area contributed by atoms with Crippen LogP contribution in [0.4, 0.5) is 0 Å². The van der Waals surface area contributed by atoms with Gasteiger partial charge in [-0.1, -0.05) is 0 Å². The molecule has 7 nitrogen and oxygen atoms in total. The third-order valence-corrected chi connectivity index (χ3v) is 3.04. The molecule has 3 heterocycles. The Morgan fingerprint density at radius 3 is 3.06 bits per heavy atom. The van der Waals surface area contributed by atoms with Crippen LogP contribution >= 0.6 is 0 Å². The maximum atomic E-state index is 11.8. The predicted molar refractivity (Wildman–Crippen MR) is 54.7 cm³/mol. The van der Waals surface area contributed by atoms with Crippen LogP contribution in [-0.2, 0) is 4.74 Å². The van der Waals surface area contributed by atoms with Crippen molar-refractivity contribution in [2.75, 3.05) is 6.61 Å². The number of hydrogen-bond donors (Lipinski definition) is 2. The van der Waals surface area contributed by atoms with E-state index in [4.69, 9.17) is 14.6 Å². The maximum Gasteiger partial charge on any atom is 0.302 e. The summed E-state index contributed by atoms with van der Waals surface area (Å²) >= 11 is 0. The molecule has 0 amide bonds. The van der Waals surface area contributed by atoms with Crippen LogP contribution in [0.25, 0.3) is 0 Å². The standard InChI is InChI=1S/C10H12N2O5/c1-4-2-6(14)12-9-8(17-10(12)11-4)7(15)5(3-13)16-9/h2,5,7-9,13,15H,3H2,1H3/t5-,7-,8+,9-/m1/s1. The molecule has 2 N–H and O–H groups in total. The molecule has 1 fully saturated rings. The Bertz CT molecular complexity index is 514. The third kappa shape index (κ3) is 1.40. The van der Waals surface area contributed by atoms with Crippen molar-refractivity contribution in [2.45, 2.75) is 31.5 Å². The lowest BCUT2D eigenvalue weighted by molar-refractivity contribution is -0.0443. The molecule has 1 saturated heterocycles. The van der Waals surface area contributed by atoms with E-state index in [0.29, 0.717) is 5.69 Å². The smallest absolute Gasteiger partial charge is 0.302 e. The van der Waals surface area contributed by atoms with Crippen molar-refractivity contribution >= 4 is 0 Å². The zero-order valence-corrected chi connectivity index (χ0v) is 9.11. The fourth-order valence-corrected chi connectivity index (χ4v) is 2.22. The SMILES string of the molecule is Cc1cc(=O)n2c(n1)O[C@H]1[C@H](O)[C@@H](CO)O[C@H]12. The number of aliphatic hydroxyl groups is 2. The van der Waals surface area contributed by atoms with E-state index in [9.17, 15) is 9.90 Å². The molecule has 0 unspecified atom stereocenters. The number of hydrogen-bond acceptors (Lipinski definition) is 6. The zero-order valence-electron chi connectivity index (χ0n) is 9.11. The largest absolute Gasteiger partial charge is 0.453 e. The number of ether oxygens (including phenoxy) is 2. The van der Waals surface area contributed by atoms with Gasteiger partial charge in [0.25, 0.3) is 5.56 Å². The molecular formula is C10H12N2O5. The van der Waals surface area contributed by atoms with Gasteiger partial charge in [-0.15, -0.1) is 0 Å². The van der Waals surface area contributed by atoms with E-state index in [2.05, 4.69) is 4.98 Å². The van der Waals surface area contributed by atoms with Crippen molar-refractivity contribution in [3.8, 4) is 6.01 Å². The molecule has 0 spiro atoms. The van der Waals surface area contributed by atoms with Crippen LogP contribution in [0.1, 0.15) is 11.9 Å². The van der Waals surface area contributed by atoms with Crippen molar-refractivity contribution in [1.29, 1.82) is 0 Å². The summed E-state index contributed by atoms with van der Waals surface area (Å²) in [4.78, 5) is 15.9. The van der Waals surface area contributed by atoms with Crippen molar-refractivity contribution in [2.24, 2.45) is 0 Å². The summed E-state index contributed by atoms with van der Waals surface area (Å²) in [5, 5.41) is 18.8. The number of fused-ring (bicyclic) bond motifs is 3. The van der Waals surface area contributed by atoms with Crippen LogP contribution in [0.2, 0.25) is 0 Å². The lowest BCUT2D eigenvalue weighted by Gasteiger charge is -2.14. The average molecular weight is 240 g/mol. The van der Waals surface area contributed by atoms with Crippen LogP contribution in [0.5, 0.6) is 6.01 Å². The van der Waals surface area contributed by atoms with Gasteiger partial charge in [-0.05, 0) is 6.92 Å². The monoisotopic (exact) mass is 240 g/mol. The Kier molecular flexibility index (Phi) is 2.22. The Balaban J connectivity index is 2.05. The minimum Gasteiger partial charge on any atom is -0.453 e. The third-order valence-electron chi connectivity index (χ3n) is 3.04. The van der Waals surface area contributed by atoms with Gasteiger partial charge in [0.05, 0.1) is 6.61 Å². The number of aromatic nitrogens is 2. The van der Waals surface area contributed by atoms with Crippen molar-refractivity contribution < 1.29 is 19.7 Å². The number of rotatable bonds is 1. The van der Waals surface area contributed by atoms with Crippen LogP contribution in [0, 0.1) is 6.92 Å². The van der Waals surface area contributed by atoms with Gasteiger partial charge in [0.15, 0.2) is 12.3 Å². The maximum absolute atomic E-state index is 11.8. The van der Waals surface area contributed by atoms with Crippen molar-refractivity contribution in [3.05, 3.63) is 22.1 Å². The first-order valence-corrected chi connectivity index (χ1v) is 5.33. The fourth-order valence-electron chi connectivity index (χ4n) is 2.22. The molecule has 1 aromatic rings. The molecule has 1 aromatic heterocycles. The Hall–Kier alpha value is -1.44. The molecule has 0 aromatic carbocycles. The molecule has 3 rings (SSSR count). The lowest BCUT2D eigenvalue weighted by atomic mass is 10.1. The summed E-state index contributed by atoms with van der Waals surface area (Å²) in [5.74, 6) is 0. The average Bonchev–Trinajstić information content (AvgIpc) is 2.75. The van der Waals surface area contributed by atoms with Gasteiger partial charge in [-0.25, -0.2) is 9.55 Å². The molecule has 7 heteroatoms. The Labute approximate surface area is 96.2 Å². The molecule has 0 saturated carbocycles. The van der Waals surface area contributed by atoms with E-state index in [1.807, 2.05) is 0 Å². The van der Waals surface area contributed by atoms with Crippen LogP contribution in [-0.4, -0.2) is 44.7 Å². The van der Waals surface area contributed by atoms with Gasteiger partial charge in [-0.2, -0.15) is 0 Å². The predicted octanol–water partition coefficient (Wildman–Crippen LogP) is -1.44. The highest BCUT2D eigenvalue weighted by Crippen LogP contribution is 2.37. The second-order valence-electron chi connectivity index (χ2n) is 4.21. The molecule has 92 valence electrons. The highest BCUT2D eigenvalue weighted by atomic mass is 16.6.